The lowest BCUT2D eigenvalue weighted by atomic mass is 10.0. The minimum absolute atomic E-state index is 0.133. The van der Waals surface area contributed by atoms with Gasteiger partial charge in [-0.3, -0.25) is 4.79 Å². The molecule has 0 radical (unpaired) electrons. The number of carbonyl (C=O) groups excluding carboxylic acids is 1. The minimum Gasteiger partial charge on any atom is -0.368 e. The van der Waals surface area contributed by atoms with Crippen LogP contribution in [0.2, 0.25) is 0 Å². The van der Waals surface area contributed by atoms with Crippen molar-refractivity contribution in [3.63, 3.8) is 0 Å². The lowest BCUT2D eigenvalue weighted by Crippen LogP contribution is -2.45. The number of carbonyl (C=O) groups is 1. The first-order valence-electron chi connectivity index (χ1n) is 8.87. The summed E-state index contributed by atoms with van der Waals surface area (Å²) in [6, 6.07) is 9.79. The first kappa shape index (κ1) is 18.7. The summed E-state index contributed by atoms with van der Waals surface area (Å²) in [4.78, 5) is 23.6. The Morgan fingerprint density at radius 3 is 2.73 bits per heavy atom. The third-order valence-electron chi connectivity index (χ3n) is 4.63. The van der Waals surface area contributed by atoms with E-state index in [9.17, 15) is 4.79 Å². The smallest absolute Gasteiger partial charge is 0.255 e. The van der Waals surface area contributed by atoms with Gasteiger partial charge in [0.25, 0.3) is 5.91 Å². The second kappa shape index (κ2) is 9.00. The molecule has 1 amide bonds. The van der Waals surface area contributed by atoms with E-state index in [1.54, 1.807) is 0 Å². The van der Waals surface area contributed by atoms with Crippen molar-refractivity contribution in [2.75, 3.05) is 37.4 Å². The van der Waals surface area contributed by atoms with Crippen LogP contribution in [0.15, 0.2) is 36.5 Å². The molecule has 0 saturated carbocycles. The van der Waals surface area contributed by atoms with Gasteiger partial charge in [-0.1, -0.05) is 30.3 Å². The van der Waals surface area contributed by atoms with Gasteiger partial charge in [0.1, 0.15) is 0 Å². The van der Waals surface area contributed by atoms with E-state index in [0.717, 1.165) is 43.8 Å². The lowest BCUT2D eigenvalue weighted by molar-refractivity contribution is 0.0913. The number of nitrogen functional groups attached to an aromatic ring is 1. The number of thioether (sulfide) groups is 1. The number of aromatic nitrogens is 2. The average molecular weight is 372 g/mol. The summed E-state index contributed by atoms with van der Waals surface area (Å²) in [7, 11) is 0. The molecule has 138 valence electrons. The molecule has 26 heavy (non-hydrogen) atoms. The van der Waals surface area contributed by atoms with Gasteiger partial charge in [0, 0.05) is 43.2 Å². The zero-order valence-corrected chi connectivity index (χ0v) is 15.8. The topological polar surface area (TPSA) is 84.1 Å². The second-order valence-electron chi connectivity index (χ2n) is 6.44. The summed E-state index contributed by atoms with van der Waals surface area (Å²) < 4.78 is 0. The van der Waals surface area contributed by atoms with Gasteiger partial charge in [0.15, 0.2) is 0 Å². The Balaban J connectivity index is 1.68. The molecule has 0 aliphatic carbocycles. The third-order valence-corrected chi connectivity index (χ3v) is 5.22. The van der Waals surface area contributed by atoms with E-state index in [0.29, 0.717) is 11.3 Å². The van der Waals surface area contributed by atoms with Gasteiger partial charge in [0.05, 0.1) is 11.3 Å². The van der Waals surface area contributed by atoms with Gasteiger partial charge in [-0.2, -0.15) is 11.8 Å². The van der Waals surface area contributed by atoms with E-state index in [2.05, 4.69) is 26.4 Å². The number of hydrogen-bond acceptors (Lipinski definition) is 6. The summed E-state index contributed by atoms with van der Waals surface area (Å²) in [6.45, 7) is 3.16. The molecule has 2 heterocycles. The Hall–Kier alpha value is -2.12. The first-order valence-corrected chi connectivity index (χ1v) is 10.3. The molecule has 3 N–H and O–H groups in total. The highest BCUT2D eigenvalue weighted by Crippen LogP contribution is 2.22. The van der Waals surface area contributed by atoms with E-state index >= 15 is 0 Å². The molecule has 2 aromatic rings. The van der Waals surface area contributed by atoms with E-state index in [1.807, 2.05) is 42.1 Å². The maximum absolute atomic E-state index is 12.8. The third kappa shape index (κ3) is 4.74. The number of piperidine rings is 1. The number of hydrogen-bond donors (Lipinski definition) is 2. The first-order chi connectivity index (χ1) is 12.7. The van der Waals surface area contributed by atoms with Crippen LogP contribution in [0.1, 0.15) is 23.2 Å². The van der Waals surface area contributed by atoms with Gasteiger partial charge in [0.2, 0.25) is 5.95 Å². The number of likely N-dealkylation sites (tertiary alicyclic amines) is 1. The Kier molecular flexibility index (Phi) is 6.46. The average Bonchev–Trinajstić information content (AvgIpc) is 2.68. The maximum atomic E-state index is 12.8. The highest BCUT2D eigenvalue weighted by atomic mass is 32.2. The predicted molar refractivity (Wildman–Crippen MR) is 107 cm³/mol. The van der Waals surface area contributed by atoms with Crippen LogP contribution in [0.5, 0.6) is 0 Å². The molecular formula is C19H25N5OS. The Morgan fingerprint density at radius 2 is 2.04 bits per heavy atom. The SMILES string of the molecule is CSCCN1CCC(NC(=O)c2cnc(N)nc2-c2ccccc2)CC1. The molecule has 1 aliphatic rings. The van der Waals surface area contributed by atoms with Crippen molar-refractivity contribution in [1.29, 1.82) is 0 Å². The minimum atomic E-state index is -0.133. The number of amides is 1. The molecular weight excluding hydrogens is 346 g/mol. The van der Waals surface area contributed by atoms with Crippen LogP contribution in [0.25, 0.3) is 11.3 Å². The molecule has 0 unspecified atom stereocenters. The van der Waals surface area contributed by atoms with E-state index < -0.39 is 0 Å². The number of nitrogens with two attached hydrogens (primary N) is 1. The number of anilines is 1. The number of benzene rings is 1. The van der Waals surface area contributed by atoms with E-state index in [1.165, 1.54) is 6.20 Å². The lowest BCUT2D eigenvalue weighted by Gasteiger charge is -2.32. The Labute approximate surface area is 158 Å². The molecule has 1 aromatic heterocycles. The molecule has 0 atom stereocenters. The summed E-state index contributed by atoms with van der Waals surface area (Å²) in [6.07, 6.45) is 5.59. The molecule has 1 aliphatic heterocycles. The largest absolute Gasteiger partial charge is 0.368 e. The quantitative estimate of drug-likeness (QED) is 0.810. The van der Waals surface area contributed by atoms with Gasteiger partial charge >= 0.3 is 0 Å². The van der Waals surface area contributed by atoms with Crippen LogP contribution < -0.4 is 11.1 Å². The van der Waals surface area contributed by atoms with E-state index in [-0.39, 0.29) is 17.9 Å². The van der Waals surface area contributed by atoms with Crippen LogP contribution in [-0.4, -0.2) is 58.5 Å². The van der Waals surface area contributed by atoms with Crippen molar-refractivity contribution >= 4 is 23.6 Å². The fourth-order valence-electron chi connectivity index (χ4n) is 3.16. The standard InChI is InChI=1S/C19H25N5OS/c1-26-12-11-24-9-7-15(8-10-24)22-18(25)16-13-21-19(20)23-17(16)14-5-3-2-4-6-14/h2-6,13,15H,7-12H2,1H3,(H,22,25)(H2,20,21,23). The maximum Gasteiger partial charge on any atom is 0.255 e. The molecule has 3 rings (SSSR count). The predicted octanol–water partition coefficient (Wildman–Crippen LogP) is 2.28. The second-order valence-corrected chi connectivity index (χ2v) is 7.42. The van der Waals surface area contributed by atoms with Crippen molar-refractivity contribution in [2.45, 2.75) is 18.9 Å². The van der Waals surface area contributed by atoms with Crippen LogP contribution in [-0.2, 0) is 0 Å². The van der Waals surface area contributed by atoms with Crippen LogP contribution in [0.4, 0.5) is 5.95 Å². The molecule has 7 heteroatoms. The van der Waals surface area contributed by atoms with Crippen molar-refractivity contribution in [1.82, 2.24) is 20.2 Å². The molecule has 0 bridgehead atoms. The Bertz CT molecular complexity index is 732. The highest BCUT2D eigenvalue weighted by Gasteiger charge is 2.23. The zero-order valence-electron chi connectivity index (χ0n) is 15.0. The van der Waals surface area contributed by atoms with E-state index in [4.69, 9.17) is 5.73 Å². The van der Waals surface area contributed by atoms with Crippen molar-refractivity contribution in [2.24, 2.45) is 0 Å². The zero-order chi connectivity index (χ0) is 18.4. The van der Waals surface area contributed by atoms with Crippen molar-refractivity contribution in [3.8, 4) is 11.3 Å². The number of nitrogens with zero attached hydrogens (tertiary/aromatic N) is 3. The van der Waals surface area contributed by atoms with Crippen LogP contribution >= 0.6 is 11.8 Å². The molecule has 6 nitrogen and oxygen atoms in total. The number of nitrogens with one attached hydrogen (secondary N) is 1. The van der Waals surface area contributed by atoms with Gasteiger partial charge in [-0.25, -0.2) is 9.97 Å². The summed E-state index contributed by atoms with van der Waals surface area (Å²) in [5.41, 5.74) is 7.65. The molecule has 1 saturated heterocycles. The molecule has 1 fully saturated rings. The van der Waals surface area contributed by atoms with Gasteiger partial charge in [-0.05, 0) is 19.1 Å². The summed E-state index contributed by atoms with van der Waals surface area (Å²) >= 11 is 1.87. The van der Waals surface area contributed by atoms with Gasteiger partial charge < -0.3 is 16.0 Å². The van der Waals surface area contributed by atoms with Crippen molar-refractivity contribution < 1.29 is 4.79 Å². The normalized spacial score (nSPS) is 15.7. The summed E-state index contributed by atoms with van der Waals surface area (Å²) in [5.74, 6) is 1.19. The van der Waals surface area contributed by atoms with Crippen LogP contribution in [0.3, 0.4) is 0 Å². The number of rotatable bonds is 6. The fraction of sp³-hybridized carbons (Fsp3) is 0.421. The summed E-state index contributed by atoms with van der Waals surface area (Å²) in [5, 5.41) is 3.15. The highest BCUT2D eigenvalue weighted by molar-refractivity contribution is 7.98. The van der Waals surface area contributed by atoms with Gasteiger partial charge in [-0.15, -0.1) is 0 Å². The van der Waals surface area contributed by atoms with Crippen molar-refractivity contribution in [3.05, 3.63) is 42.1 Å². The van der Waals surface area contributed by atoms with Crippen LogP contribution in [0, 0.1) is 0 Å². The molecule has 1 aromatic carbocycles. The molecule has 0 spiro atoms. The fourth-order valence-corrected chi connectivity index (χ4v) is 3.60. The monoisotopic (exact) mass is 371 g/mol. The Morgan fingerprint density at radius 1 is 1.31 bits per heavy atom.